The van der Waals surface area contributed by atoms with Crippen molar-refractivity contribution in [1.29, 1.82) is 0 Å². The summed E-state index contributed by atoms with van der Waals surface area (Å²) in [4.78, 5) is 27.8. The van der Waals surface area contributed by atoms with Crippen molar-refractivity contribution in [2.45, 2.75) is 20.8 Å². The Labute approximate surface area is 145 Å². The van der Waals surface area contributed by atoms with E-state index in [1.165, 1.54) is 19.1 Å². The standard InChI is InChI=1S/C18H21FN4O2/c1-12-17(18(25)22-9-7-21(8-10-22)14(3)24)13(2)23(20-12)16-6-4-5-15(19)11-16/h4-6,11H,7-10H2,1-3H3. The number of piperazine rings is 1. The van der Waals surface area contributed by atoms with Gasteiger partial charge in [-0.1, -0.05) is 6.07 Å². The van der Waals surface area contributed by atoms with Crippen LogP contribution in [0.3, 0.4) is 0 Å². The number of carbonyl (C=O) groups excluding carboxylic acids is 2. The zero-order chi connectivity index (χ0) is 18.1. The molecule has 0 radical (unpaired) electrons. The molecular formula is C18H21FN4O2. The molecule has 0 saturated carbocycles. The van der Waals surface area contributed by atoms with E-state index in [-0.39, 0.29) is 17.6 Å². The van der Waals surface area contributed by atoms with Crippen LogP contribution in [0.5, 0.6) is 0 Å². The molecule has 2 heterocycles. The van der Waals surface area contributed by atoms with Gasteiger partial charge in [-0.05, 0) is 32.0 Å². The number of hydrogen-bond donors (Lipinski definition) is 0. The SMILES string of the molecule is CC(=O)N1CCN(C(=O)c2c(C)nn(-c3cccc(F)c3)c2C)CC1. The van der Waals surface area contributed by atoms with Crippen LogP contribution in [0.4, 0.5) is 4.39 Å². The lowest BCUT2D eigenvalue weighted by atomic mass is 10.1. The maximum absolute atomic E-state index is 13.5. The molecule has 7 heteroatoms. The van der Waals surface area contributed by atoms with Gasteiger partial charge in [0, 0.05) is 33.1 Å². The highest BCUT2D eigenvalue weighted by Gasteiger charge is 2.27. The normalized spacial score (nSPS) is 14.7. The summed E-state index contributed by atoms with van der Waals surface area (Å²) in [6.45, 7) is 7.21. The molecule has 0 N–H and O–H groups in total. The van der Waals surface area contributed by atoms with Crippen LogP contribution < -0.4 is 0 Å². The molecule has 6 nitrogen and oxygen atoms in total. The predicted octanol–water partition coefficient (Wildman–Crippen LogP) is 1.93. The van der Waals surface area contributed by atoms with Crippen LogP contribution in [0, 0.1) is 19.7 Å². The van der Waals surface area contributed by atoms with E-state index < -0.39 is 0 Å². The summed E-state index contributed by atoms with van der Waals surface area (Å²) in [5.74, 6) is -0.419. The molecule has 0 unspecified atom stereocenters. The van der Waals surface area contributed by atoms with Gasteiger partial charge in [-0.2, -0.15) is 5.10 Å². The van der Waals surface area contributed by atoms with Crippen LogP contribution in [0.1, 0.15) is 28.7 Å². The van der Waals surface area contributed by atoms with E-state index in [2.05, 4.69) is 5.10 Å². The van der Waals surface area contributed by atoms with E-state index in [0.717, 1.165) is 0 Å². The lowest BCUT2D eigenvalue weighted by Crippen LogP contribution is -2.50. The Bertz CT molecular complexity index is 822. The van der Waals surface area contributed by atoms with Crippen molar-refractivity contribution in [2.75, 3.05) is 26.2 Å². The molecule has 2 amide bonds. The Morgan fingerprint density at radius 3 is 2.32 bits per heavy atom. The Morgan fingerprint density at radius 2 is 1.72 bits per heavy atom. The molecule has 2 aromatic rings. The van der Waals surface area contributed by atoms with Crippen molar-refractivity contribution in [1.82, 2.24) is 19.6 Å². The number of aromatic nitrogens is 2. The summed E-state index contributed by atoms with van der Waals surface area (Å²) in [7, 11) is 0. The largest absolute Gasteiger partial charge is 0.339 e. The molecule has 1 aromatic carbocycles. The first-order valence-corrected chi connectivity index (χ1v) is 8.25. The number of rotatable bonds is 2. The van der Waals surface area contributed by atoms with E-state index in [4.69, 9.17) is 0 Å². The average molecular weight is 344 g/mol. The van der Waals surface area contributed by atoms with Gasteiger partial charge in [0.05, 0.1) is 22.6 Å². The Balaban J connectivity index is 1.86. The number of amides is 2. The van der Waals surface area contributed by atoms with Gasteiger partial charge >= 0.3 is 0 Å². The molecule has 0 spiro atoms. The summed E-state index contributed by atoms with van der Waals surface area (Å²) in [6, 6.07) is 6.13. The van der Waals surface area contributed by atoms with Crippen molar-refractivity contribution < 1.29 is 14.0 Å². The van der Waals surface area contributed by atoms with Gasteiger partial charge < -0.3 is 9.80 Å². The van der Waals surface area contributed by atoms with Crippen LogP contribution in [-0.4, -0.2) is 57.6 Å². The van der Waals surface area contributed by atoms with Crippen LogP contribution >= 0.6 is 0 Å². The van der Waals surface area contributed by atoms with Crippen molar-refractivity contribution in [3.8, 4) is 5.69 Å². The van der Waals surface area contributed by atoms with Gasteiger partial charge in [0.15, 0.2) is 0 Å². The number of carbonyl (C=O) groups is 2. The fourth-order valence-corrected chi connectivity index (χ4v) is 3.19. The predicted molar refractivity (Wildman–Crippen MR) is 91.2 cm³/mol. The van der Waals surface area contributed by atoms with Crippen molar-refractivity contribution in [3.05, 3.63) is 47.0 Å². The summed E-state index contributed by atoms with van der Waals surface area (Å²) >= 11 is 0. The van der Waals surface area contributed by atoms with Crippen LogP contribution in [0.25, 0.3) is 5.69 Å². The highest BCUT2D eigenvalue weighted by molar-refractivity contribution is 5.96. The number of nitrogens with zero attached hydrogens (tertiary/aromatic N) is 4. The number of aryl methyl sites for hydroxylation is 1. The van der Waals surface area contributed by atoms with Gasteiger partial charge in [0.2, 0.25) is 5.91 Å². The Morgan fingerprint density at radius 1 is 1.08 bits per heavy atom. The molecular weight excluding hydrogens is 323 g/mol. The quantitative estimate of drug-likeness (QED) is 0.836. The molecule has 0 bridgehead atoms. The van der Waals surface area contributed by atoms with Crippen LogP contribution in [0.2, 0.25) is 0 Å². The zero-order valence-electron chi connectivity index (χ0n) is 14.6. The van der Waals surface area contributed by atoms with E-state index >= 15 is 0 Å². The second kappa shape index (κ2) is 6.66. The van der Waals surface area contributed by atoms with Gasteiger partial charge in [-0.3, -0.25) is 9.59 Å². The molecule has 25 heavy (non-hydrogen) atoms. The number of hydrogen-bond acceptors (Lipinski definition) is 3. The van der Waals surface area contributed by atoms with Crippen molar-refractivity contribution in [3.63, 3.8) is 0 Å². The summed E-state index contributed by atoms with van der Waals surface area (Å²) in [6.07, 6.45) is 0. The third-order valence-electron chi connectivity index (χ3n) is 4.57. The molecule has 3 rings (SSSR count). The average Bonchev–Trinajstić information content (AvgIpc) is 2.89. The monoisotopic (exact) mass is 344 g/mol. The molecule has 1 aliphatic rings. The molecule has 1 saturated heterocycles. The van der Waals surface area contributed by atoms with Crippen LogP contribution in [0.15, 0.2) is 24.3 Å². The summed E-state index contributed by atoms with van der Waals surface area (Å²) in [5.41, 5.74) is 2.42. The molecule has 0 atom stereocenters. The van der Waals surface area contributed by atoms with Gasteiger partial charge in [-0.25, -0.2) is 9.07 Å². The van der Waals surface area contributed by atoms with Gasteiger partial charge in [0.25, 0.3) is 5.91 Å². The fraction of sp³-hybridized carbons (Fsp3) is 0.389. The van der Waals surface area contributed by atoms with Crippen molar-refractivity contribution >= 4 is 11.8 Å². The minimum Gasteiger partial charge on any atom is -0.339 e. The Kier molecular flexibility index (Phi) is 4.57. The Hall–Kier alpha value is -2.70. The second-order valence-corrected chi connectivity index (χ2v) is 6.24. The smallest absolute Gasteiger partial charge is 0.257 e. The first kappa shape index (κ1) is 17.1. The number of halogens is 1. The topological polar surface area (TPSA) is 58.4 Å². The maximum Gasteiger partial charge on any atom is 0.257 e. The highest BCUT2D eigenvalue weighted by Crippen LogP contribution is 2.21. The minimum atomic E-state index is -0.349. The first-order valence-electron chi connectivity index (χ1n) is 8.25. The maximum atomic E-state index is 13.5. The fourth-order valence-electron chi connectivity index (χ4n) is 3.19. The van der Waals surface area contributed by atoms with Crippen LogP contribution in [-0.2, 0) is 4.79 Å². The molecule has 1 fully saturated rings. The van der Waals surface area contributed by atoms with E-state index in [0.29, 0.717) is 48.8 Å². The number of benzene rings is 1. The lowest BCUT2D eigenvalue weighted by Gasteiger charge is -2.34. The summed E-state index contributed by atoms with van der Waals surface area (Å²) in [5, 5.41) is 4.42. The molecule has 1 aliphatic heterocycles. The second-order valence-electron chi connectivity index (χ2n) is 6.24. The molecule has 132 valence electrons. The highest BCUT2D eigenvalue weighted by atomic mass is 19.1. The third kappa shape index (κ3) is 3.26. The minimum absolute atomic E-state index is 0.0263. The van der Waals surface area contributed by atoms with E-state index in [1.54, 1.807) is 33.5 Å². The van der Waals surface area contributed by atoms with Gasteiger partial charge in [0.1, 0.15) is 5.82 Å². The first-order chi connectivity index (χ1) is 11.9. The zero-order valence-corrected chi connectivity index (χ0v) is 14.6. The summed E-state index contributed by atoms with van der Waals surface area (Å²) < 4.78 is 15.1. The molecule has 0 aliphatic carbocycles. The lowest BCUT2D eigenvalue weighted by molar-refractivity contribution is -0.130. The van der Waals surface area contributed by atoms with E-state index in [1.807, 2.05) is 6.92 Å². The third-order valence-corrected chi connectivity index (χ3v) is 4.57. The van der Waals surface area contributed by atoms with Gasteiger partial charge in [-0.15, -0.1) is 0 Å². The van der Waals surface area contributed by atoms with Crippen molar-refractivity contribution in [2.24, 2.45) is 0 Å². The molecule has 1 aromatic heterocycles. The van der Waals surface area contributed by atoms with E-state index in [9.17, 15) is 14.0 Å².